The average Bonchev–Trinajstić information content (AvgIpc) is 2.26. The summed E-state index contributed by atoms with van der Waals surface area (Å²) >= 11 is 5.80. The van der Waals surface area contributed by atoms with Gasteiger partial charge in [-0.1, -0.05) is 17.7 Å². The Kier molecular flexibility index (Phi) is 4.06. The van der Waals surface area contributed by atoms with E-state index in [9.17, 15) is 9.59 Å². The molecule has 15 heavy (non-hydrogen) atoms. The van der Waals surface area contributed by atoms with Gasteiger partial charge in [-0.25, -0.2) is 4.79 Å². The van der Waals surface area contributed by atoms with Crippen LogP contribution in [-0.2, 0) is 9.53 Å². The Morgan fingerprint density at radius 1 is 1.47 bits per heavy atom. The van der Waals surface area contributed by atoms with E-state index in [0.29, 0.717) is 16.9 Å². The van der Waals surface area contributed by atoms with Gasteiger partial charge in [0.2, 0.25) is 0 Å². The second-order valence-corrected chi connectivity index (χ2v) is 3.16. The fraction of sp³-hybridized carbons (Fsp3) is 0.0909. The van der Waals surface area contributed by atoms with Crippen molar-refractivity contribution in [1.29, 1.82) is 0 Å². The second-order valence-electron chi connectivity index (χ2n) is 2.76. The van der Waals surface area contributed by atoms with Crippen LogP contribution in [0.4, 0.5) is 0 Å². The first kappa shape index (κ1) is 11.5. The molecule has 3 nitrogen and oxygen atoms in total. The molecule has 0 aliphatic heterocycles. The van der Waals surface area contributed by atoms with E-state index >= 15 is 0 Å². The number of hydrogen-bond donors (Lipinski definition) is 0. The standard InChI is InChI=1S/C11H9ClO3/c1-15-11(14)5-3-8-2-4-9(7-13)10(12)6-8/h2-7H,1H3. The molecule has 0 amide bonds. The highest BCUT2D eigenvalue weighted by Gasteiger charge is 1.99. The number of esters is 1. The maximum Gasteiger partial charge on any atom is 0.330 e. The molecule has 0 atom stereocenters. The summed E-state index contributed by atoms with van der Waals surface area (Å²) in [4.78, 5) is 21.3. The van der Waals surface area contributed by atoms with Gasteiger partial charge in [0.15, 0.2) is 6.29 Å². The molecule has 78 valence electrons. The van der Waals surface area contributed by atoms with Gasteiger partial charge in [-0.15, -0.1) is 0 Å². The molecule has 0 N–H and O–H groups in total. The highest BCUT2D eigenvalue weighted by Crippen LogP contribution is 2.16. The third-order valence-corrected chi connectivity index (χ3v) is 2.09. The summed E-state index contributed by atoms with van der Waals surface area (Å²) in [5.74, 6) is -0.439. The number of hydrogen-bond acceptors (Lipinski definition) is 3. The summed E-state index contributed by atoms with van der Waals surface area (Å²) in [7, 11) is 1.30. The molecule has 0 aliphatic rings. The fourth-order valence-corrected chi connectivity index (χ4v) is 1.21. The van der Waals surface area contributed by atoms with Gasteiger partial charge in [0.1, 0.15) is 0 Å². The van der Waals surface area contributed by atoms with Crippen molar-refractivity contribution in [1.82, 2.24) is 0 Å². The Hall–Kier alpha value is -1.61. The van der Waals surface area contributed by atoms with Crippen molar-refractivity contribution in [3.05, 3.63) is 40.4 Å². The first-order chi connectivity index (χ1) is 7.17. The molecular weight excluding hydrogens is 216 g/mol. The number of carbonyl (C=O) groups excluding carboxylic acids is 2. The summed E-state index contributed by atoms with van der Waals surface area (Å²) in [6, 6.07) is 4.88. The van der Waals surface area contributed by atoms with Gasteiger partial charge in [-0.3, -0.25) is 4.79 Å². The molecule has 0 heterocycles. The molecule has 0 saturated heterocycles. The molecule has 0 aromatic heterocycles. The van der Waals surface area contributed by atoms with E-state index in [4.69, 9.17) is 11.6 Å². The number of carbonyl (C=O) groups is 2. The van der Waals surface area contributed by atoms with Crippen LogP contribution in [0.5, 0.6) is 0 Å². The fourth-order valence-electron chi connectivity index (χ4n) is 0.975. The third-order valence-electron chi connectivity index (χ3n) is 1.76. The Balaban J connectivity index is 2.88. The summed E-state index contributed by atoms with van der Waals surface area (Å²) < 4.78 is 4.43. The quantitative estimate of drug-likeness (QED) is 0.450. The number of halogens is 1. The number of ether oxygens (including phenoxy) is 1. The molecule has 0 saturated carbocycles. The molecular formula is C11H9ClO3. The van der Waals surface area contributed by atoms with Crippen molar-refractivity contribution in [2.45, 2.75) is 0 Å². The van der Waals surface area contributed by atoms with Gasteiger partial charge < -0.3 is 4.74 Å². The van der Waals surface area contributed by atoms with E-state index in [2.05, 4.69) is 4.74 Å². The number of benzene rings is 1. The monoisotopic (exact) mass is 224 g/mol. The van der Waals surface area contributed by atoms with E-state index in [1.165, 1.54) is 13.2 Å². The summed E-state index contributed by atoms with van der Waals surface area (Å²) in [5.41, 5.74) is 1.16. The molecule has 0 fully saturated rings. The van der Waals surface area contributed by atoms with Crippen LogP contribution < -0.4 is 0 Å². The topological polar surface area (TPSA) is 43.4 Å². The van der Waals surface area contributed by atoms with Gasteiger partial charge in [0.25, 0.3) is 0 Å². The van der Waals surface area contributed by atoms with Crippen LogP contribution in [0.2, 0.25) is 5.02 Å². The van der Waals surface area contributed by atoms with Crippen molar-refractivity contribution in [2.75, 3.05) is 7.11 Å². The normalized spacial score (nSPS) is 10.3. The second kappa shape index (κ2) is 5.32. The van der Waals surface area contributed by atoms with Crippen molar-refractivity contribution in [2.24, 2.45) is 0 Å². The van der Waals surface area contributed by atoms with E-state index in [1.54, 1.807) is 24.3 Å². The van der Waals surface area contributed by atoms with Crippen LogP contribution in [0.25, 0.3) is 6.08 Å². The van der Waals surface area contributed by atoms with Crippen LogP contribution in [0.15, 0.2) is 24.3 Å². The predicted molar refractivity (Wildman–Crippen MR) is 57.9 cm³/mol. The number of methoxy groups -OCH3 is 1. The van der Waals surface area contributed by atoms with E-state index in [-0.39, 0.29) is 0 Å². The van der Waals surface area contributed by atoms with E-state index in [0.717, 1.165) is 5.56 Å². The first-order valence-corrected chi connectivity index (χ1v) is 4.56. The SMILES string of the molecule is COC(=O)C=Cc1ccc(C=O)c(Cl)c1. The van der Waals surface area contributed by atoms with Gasteiger partial charge in [-0.05, 0) is 23.8 Å². The van der Waals surface area contributed by atoms with Crippen molar-refractivity contribution >= 4 is 29.9 Å². The summed E-state index contributed by atoms with van der Waals surface area (Å²) in [6.45, 7) is 0. The molecule has 0 spiro atoms. The Labute approximate surface area is 92.3 Å². The minimum absolute atomic E-state index is 0.358. The number of aldehydes is 1. The third kappa shape index (κ3) is 3.22. The maximum absolute atomic E-state index is 10.8. The molecule has 0 bridgehead atoms. The lowest BCUT2D eigenvalue weighted by atomic mass is 10.1. The van der Waals surface area contributed by atoms with Crippen LogP contribution in [0.3, 0.4) is 0 Å². The molecule has 1 rings (SSSR count). The minimum atomic E-state index is -0.439. The first-order valence-electron chi connectivity index (χ1n) is 4.18. The van der Waals surface area contributed by atoms with Crippen molar-refractivity contribution in [3.63, 3.8) is 0 Å². The van der Waals surface area contributed by atoms with Gasteiger partial charge >= 0.3 is 5.97 Å². The lowest BCUT2D eigenvalue weighted by Gasteiger charge is -1.97. The van der Waals surface area contributed by atoms with Crippen LogP contribution in [0, 0.1) is 0 Å². The molecule has 0 unspecified atom stereocenters. The van der Waals surface area contributed by atoms with Crippen molar-refractivity contribution in [3.8, 4) is 0 Å². The lowest BCUT2D eigenvalue weighted by molar-refractivity contribution is -0.134. The molecule has 0 radical (unpaired) electrons. The highest BCUT2D eigenvalue weighted by molar-refractivity contribution is 6.33. The predicted octanol–water partition coefficient (Wildman–Crippen LogP) is 2.34. The van der Waals surface area contributed by atoms with Crippen LogP contribution in [-0.4, -0.2) is 19.4 Å². The Bertz CT molecular complexity index is 410. The zero-order valence-corrected chi connectivity index (χ0v) is 8.82. The molecule has 0 aliphatic carbocycles. The zero-order chi connectivity index (χ0) is 11.3. The highest BCUT2D eigenvalue weighted by atomic mass is 35.5. The zero-order valence-electron chi connectivity index (χ0n) is 8.07. The lowest BCUT2D eigenvalue weighted by Crippen LogP contribution is -1.93. The summed E-state index contributed by atoms with van der Waals surface area (Å²) in [5, 5.41) is 0.358. The Morgan fingerprint density at radius 3 is 2.73 bits per heavy atom. The summed E-state index contributed by atoms with van der Waals surface area (Å²) in [6.07, 6.45) is 3.52. The van der Waals surface area contributed by atoms with E-state index < -0.39 is 5.97 Å². The van der Waals surface area contributed by atoms with E-state index in [1.807, 2.05) is 0 Å². The maximum atomic E-state index is 10.8. The van der Waals surface area contributed by atoms with Gasteiger partial charge in [0, 0.05) is 11.6 Å². The molecule has 4 heteroatoms. The van der Waals surface area contributed by atoms with Gasteiger partial charge in [-0.2, -0.15) is 0 Å². The van der Waals surface area contributed by atoms with Crippen molar-refractivity contribution < 1.29 is 14.3 Å². The minimum Gasteiger partial charge on any atom is -0.466 e. The van der Waals surface area contributed by atoms with Crippen LogP contribution in [0.1, 0.15) is 15.9 Å². The molecule has 1 aromatic rings. The Morgan fingerprint density at radius 2 is 2.20 bits per heavy atom. The van der Waals surface area contributed by atoms with Gasteiger partial charge in [0.05, 0.1) is 12.1 Å². The smallest absolute Gasteiger partial charge is 0.330 e. The molecule has 1 aromatic carbocycles. The average molecular weight is 225 g/mol. The number of rotatable bonds is 3. The largest absolute Gasteiger partial charge is 0.466 e. The van der Waals surface area contributed by atoms with Crippen LogP contribution >= 0.6 is 11.6 Å².